The van der Waals surface area contributed by atoms with E-state index >= 15 is 4.39 Å². The summed E-state index contributed by atoms with van der Waals surface area (Å²) in [6.45, 7) is 1.98. The van der Waals surface area contributed by atoms with Gasteiger partial charge in [-0.2, -0.15) is 0 Å². The number of aromatic nitrogens is 1. The molecule has 2 aromatic rings. The van der Waals surface area contributed by atoms with Gasteiger partial charge >= 0.3 is 5.97 Å². The fraction of sp³-hybridized carbons (Fsp3) is 0.500. The minimum absolute atomic E-state index is 0.0607. The fourth-order valence-electron chi connectivity index (χ4n) is 4.81. The van der Waals surface area contributed by atoms with Crippen molar-refractivity contribution in [2.45, 2.75) is 30.7 Å². The molecule has 1 aliphatic carbocycles. The molecule has 0 amide bonds. The highest BCUT2D eigenvalue weighted by Crippen LogP contribution is 2.43. The van der Waals surface area contributed by atoms with Gasteiger partial charge in [0.1, 0.15) is 23.2 Å². The van der Waals surface area contributed by atoms with Crippen molar-refractivity contribution >= 4 is 22.6 Å². The van der Waals surface area contributed by atoms with Gasteiger partial charge in [-0.3, -0.25) is 4.79 Å². The van der Waals surface area contributed by atoms with Crippen molar-refractivity contribution < 1.29 is 23.4 Å². The Labute approximate surface area is 164 Å². The summed E-state index contributed by atoms with van der Waals surface area (Å²) in [4.78, 5) is 25.9. The molecule has 0 bridgehead atoms. The molecular weight excluding hydrogens is 384 g/mol. The second-order valence-electron chi connectivity index (χ2n) is 8.21. The summed E-state index contributed by atoms with van der Waals surface area (Å²) >= 11 is 0. The van der Waals surface area contributed by atoms with E-state index in [1.165, 1.54) is 16.8 Å². The lowest BCUT2D eigenvalue weighted by Crippen LogP contribution is -2.44. The second kappa shape index (κ2) is 6.24. The Bertz CT molecular complexity index is 1090. The molecule has 2 saturated heterocycles. The number of rotatable bonds is 4. The number of anilines is 1. The second-order valence-corrected chi connectivity index (χ2v) is 8.21. The molecule has 0 radical (unpaired) electrons. The monoisotopic (exact) mass is 405 g/mol. The molecule has 1 saturated carbocycles. The van der Waals surface area contributed by atoms with Crippen molar-refractivity contribution in [2.75, 3.05) is 31.1 Å². The molecule has 3 aliphatic rings. The summed E-state index contributed by atoms with van der Waals surface area (Å²) in [6.07, 6.45) is 1.14. The Balaban J connectivity index is 1.65. The molecule has 5 rings (SSSR count). The first kappa shape index (κ1) is 18.5. The molecule has 0 spiro atoms. The van der Waals surface area contributed by atoms with Crippen molar-refractivity contribution in [1.82, 2.24) is 4.57 Å². The van der Waals surface area contributed by atoms with Crippen LogP contribution in [0.25, 0.3) is 10.9 Å². The average molecular weight is 405 g/mol. The maximum atomic E-state index is 15.0. The first-order valence-electron chi connectivity index (χ1n) is 9.69. The van der Waals surface area contributed by atoms with Gasteiger partial charge in [0.05, 0.1) is 17.2 Å². The minimum atomic E-state index is -1.42. The first-order valence-corrected chi connectivity index (χ1v) is 9.69. The van der Waals surface area contributed by atoms with Crippen LogP contribution >= 0.6 is 0 Å². The molecule has 4 atom stereocenters. The maximum absolute atomic E-state index is 15.0. The molecule has 3 heterocycles. The molecule has 7 nitrogen and oxygen atoms in total. The summed E-state index contributed by atoms with van der Waals surface area (Å²) in [6, 6.07) is 2.04. The standard InChI is InChI=1S/C20H21F2N3O4/c21-13-3-11-15(25(17-4-14(17)22)7-12(18(11)26)19(27)28)5-16(13)24-6-10-1-2-29-20(10,8-23)9-24/h3,5,7,10,14,17H,1-2,4,6,8-9,23H2,(H,27,28). The Morgan fingerprint density at radius 3 is 2.79 bits per heavy atom. The van der Waals surface area contributed by atoms with Crippen LogP contribution < -0.4 is 16.1 Å². The van der Waals surface area contributed by atoms with Gasteiger partial charge in [0, 0.05) is 50.2 Å². The van der Waals surface area contributed by atoms with Gasteiger partial charge in [-0.25, -0.2) is 13.6 Å². The molecular formula is C20H21F2N3O4. The Morgan fingerprint density at radius 2 is 2.17 bits per heavy atom. The van der Waals surface area contributed by atoms with Crippen LogP contribution in [-0.2, 0) is 4.74 Å². The topological polar surface area (TPSA) is 97.8 Å². The smallest absolute Gasteiger partial charge is 0.341 e. The van der Waals surface area contributed by atoms with E-state index in [9.17, 15) is 19.1 Å². The highest BCUT2D eigenvalue weighted by atomic mass is 19.1. The van der Waals surface area contributed by atoms with Gasteiger partial charge in [-0.1, -0.05) is 0 Å². The van der Waals surface area contributed by atoms with Crippen molar-refractivity contribution in [3.05, 3.63) is 39.9 Å². The number of carboxylic acids is 1. The predicted octanol–water partition coefficient (Wildman–Crippen LogP) is 1.68. The number of carboxylic acid groups (broad SMARTS) is 1. The Morgan fingerprint density at radius 1 is 1.41 bits per heavy atom. The van der Waals surface area contributed by atoms with Crippen molar-refractivity contribution in [1.29, 1.82) is 0 Å². The zero-order chi connectivity index (χ0) is 20.5. The summed E-state index contributed by atoms with van der Waals surface area (Å²) in [5.74, 6) is -1.85. The number of fused-ring (bicyclic) bond motifs is 2. The van der Waals surface area contributed by atoms with Gasteiger partial charge in [-0.05, 0) is 18.6 Å². The van der Waals surface area contributed by atoms with Gasteiger partial charge in [-0.15, -0.1) is 0 Å². The zero-order valence-electron chi connectivity index (χ0n) is 15.6. The van der Waals surface area contributed by atoms with Crippen LogP contribution in [0, 0.1) is 11.7 Å². The number of hydrogen-bond donors (Lipinski definition) is 2. The number of pyridine rings is 1. The van der Waals surface area contributed by atoms with Crippen LogP contribution in [-0.4, -0.2) is 53.7 Å². The van der Waals surface area contributed by atoms with Crippen molar-refractivity contribution in [3.8, 4) is 0 Å². The average Bonchev–Trinajstić information content (AvgIpc) is 3.11. The van der Waals surface area contributed by atoms with Crippen LogP contribution in [0.3, 0.4) is 0 Å². The zero-order valence-corrected chi connectivity index (χ0v) is 15.6. The van der Waals surface area contributed by atoms with E-state index in [4.69, 9.17) is 10.5 Å². The predicted molar refractivity (Wildman–Crippen MR) is 102 cm³/mol. The van der Waals surface area contributed by atoms with Crippen LogP contribution in [0.4, 0.5) is 14.5 Å². The van der Waals surface area contributed by atoms with E-state index in [-0.39, 0.29) is 23.4 Å². The highest BCUT2D eigenvalue weighted by molar-refractivity contribution is 5.93. The largest absolute Gasteiger partial charge is 0.477 e. The van der Waals surface area contributed by atoms with Gasteiger partial charge in [0.25, 0.3) is 0 Å². The third kappa shape index (κ3) is 2.67. The van der Waals surface area contributed by atoms with Crippen molar-refractivity contribution in [2.24, 2.45) is 11.7 Å². The Kier molecular flexibility index (Phi) is 3.98. The maximum Gasteiger partial charge on any atom is 0.341 e. The normalized spacial score (nSPS) is 30.7. The number of benzene rings is 1. The molecule has 4 unspecified atom stereocenters. The molecule has 1 aromatic heterocycles. The molecule has 29 heavy (non-hydrogen) atoms. The number of aromatic carboxylic acids is 1. The molecule has 154 valence electrons. The van der Waals surface area contributed by atoms with E-state index in [2.05, 4.69) is 0 Å². The quantitative estimate of drug-likeness (QED) is 0.803. The van der Waals surface area contributed by atoms with Crippen LogP contribution in [0.5, 0.6) is 0 Å². The van der Waals surface area contributed by atoms with Crippen LogP contribution in [0.2, 0.25) is 0 Å². The lowest BCUT2D eigenvalue weighted by Gasteiger charge is -2.27. The molecule has 2 aliphatic heterocycles. The van der Waals surface area contributed by atoms with Gasteiger partial charge in [0.15, 0.2) is 0 Å². The molecule has 3 N–H and O–H groups in total. The lowest BCUT2D eigenvalue weighted by molar-refractivity contribution is 0.0126. The number of hydrogen-bond acceptors (Lipinski definition) is 5. The SMILES string of the molecule is NCC12CN(c3cc4c(cc3F)c(=O)c(C(=O)O)cn4C3CC3F)CC1CCO2. The van der Waals surface area contributed by atoms with Crippen LogP contribution in [0.1, 0.15) is 29.2 Å². The summed E-state index contributed by atoms with van der Waals surface area (Å²) in [7, 11) is 0. The molecule has 1 aromatic carbocycles. The summed E-state index contributed by atoms with van der Waals surface area (Å²) in [5, 5.41) is 9.27. The van der Waals surface area contributed by atoms with E-state index in [1.807, 2.05) is 4.90 Å². The summed E-state index contributed by atoms with van der Waals surface area (Å²) < 4.78 is 36.2. The number of nitrogens with two attached hydrogens (primary N) is 1. The number of carbonyl (C=O) groups is 1. The number of alkyl halides is 1. The lowest BCUT2D eigenvalue weighted by atomic mass is 9.91. The third-order valence-corrected chi connectivity index (χ3v) is 6.55. The van der Waals surface area contributed by atoms with Gasteiger partial charge < -0.3 is 25.0 Å². The molecule has 9 heteroatoms. The van der Waals surface area contributed by atoms with E-state index < -0.39 is 40.6 Å². The van der Waals surface area contributed by atoms with E-state index in [0.29, 0.717) is 31.8 Å². The Hall–Kier alpha value is -2.52. The number of nitrogens with zero attached hydrogens (tertiary/aromatic N) is 2. The fourth-order valence-corrected chi connectivity index (χ4v) is 4.81. The van der Waals surface area contributed by atoms with Crippen molar-refractivity contribution in [3.63, 3.8) is 0 Å². The third-order valence-electron chi connectivity index (χ3n) is 6.55. The molecule has 3 fully saturated rings. The number of halogens is 2. The highest BCUT2D eigenvalue weighted by Gasteiger charge is 2.50. The summed E-state index contributed by atoms with van der Waals surface area (Å²) in [5.41, 5.74) is 4.80. The number of ether oxygens (including phenoxy) is 1. The minimum Gasteiger partial charge on any atom is -0.477 e. The van der Waals surface area contributed by atoms with E-state index in [0.717, 1.165) is 12.5 Å². The van der Waals surface area contributed by atoms with Crippen LogP contribution in [0.15, 0.2) is 23.1 Å². The van der Waals surface area contributed by atoms with E-state index in [1.54, 1.807) is 0 Å². The van der Waals surface area contributed by atoms with Gasteiger partial charge in [0.2, 0.25) is 5.43 Å². The first-order chi connectivity index (χ1) is 13.8.